The van der Waals surface area contributed by atoms with Crippen molar-refractivity contribution in [1.82, 2.24) is 15.0 Å². The Labute approximate surface area is 300 Å². The lowest BCUT2D eigenvalue weighted by molar-refractivity contribution is 0.440. The fraction of sp³-hybridized carbons (Fsp3) is 0.265. The minimum Gasteiger partial charge on any atom is -0.505 e. The van der Waals surface area contributed by atoms with E-state index >= 15 is 0 Å². The van der Waals surface area contributed by atoms with Crippen LogP contribution in [0.5, 0.6) is 17.5 Å². The molecule has 17 heteroatoms. The second-order valence-corrected chi connectivity index (χ2v) is 14.7. The summed E-state index contributed by atoms with van der Waals surface area (Å²) in [5.74, 6) is -0.661. The Hall–Kier alpha value is -4.74. The number of ether oxygens (including phenoxy) is 1. The van der Waals surface area contributed by atoms with Crippen LogP contribution in [0.25, 0.3) is 10.8 Å². The van der Waals surface area contributed by atoms with Gasteiger partial charge in [0.1, 0.15) is 16.3 Å². The maximum Gasteiger partial charge on any atom is 0.328 e. The Bertz CT molecular complexity index is 2260. The Morgan fingerprint density at radius 2 is 1.49 bits per heavy atom. The Morgan fingerprint density at radius 3 is 2.16 bits per heavy atom. The highest BCUT2D eigenvalue weighted by atomic mass is 35.5. The number of aryl methyl sites for hydroxylation is 1. The molecule has 4 N–H and O–H groups in total. The molecule has 0 aliphatic carbocycles. The van der Waals surface area contributed by atoms with Gasteiger partial charge in [0, 0.05) is 5.39 Å². The average Bonchev–Trinajstić information content (AvgIpc) is 3.07. The summed E-state index contributed by atoms with van der Waals surface area (Å²) in [6.07, 6.45) is 9.44. The Morgan fingerprint density at radius 1 is 0.804 bits per heavy atom. The predicted octanol–water partition coefficient (Wildman–Crippen LogP) is 9.12. The van der Waals surface area contributed by atoms with Crippen molar-refractivity contribution in [1.29, 1.82) is 0 Å². The molecule has 1 heterocycles. The first-order valence-electron chi connectivity index (χ1n) is 16.0. The zero-order valence-corrected chi connectivity index (χ0v) is 29.8. The number of benzene rings is 4. The largest absolute Gasteiger partial charge is 0.505 e. The number of anilines is 2. The highest BCUT2D eigenvalue weighted by Crippen LogP contribution is 2.45. The van der Waals surface area contributed by atoms with E-state index in [9.17, 15) is 31.0 Å². The van der Waals surface area contributed by atoms with Crippen molar-refractivity contribution < 1.29 is 35.8 Å². The van der Waals surface area contributed by atoms with Crippen LogP contribution in [0.1, 0.15) is 57.4 Å². The summed E-state index contributed by atoms with van der Waals surface area (Å²) in [5.41, 5.74) is 0.578. The quantitative estimate of drug-likeness (QED) is 0.0422. The van der Waals surface area contributed by atoms with Crippen molar-refractivity contribution in [2.24, 2.45) is 10.2 Å². The molecule has 0 unspecified atom stereocenters. The molecule has 0 amide bonds. The first-order chi connectivity index (χ1) is 24.3. The molecule has 0 atom stereocenters. The van der Waals surface area contributed by atoms with Crippen LogP contribution in [0.15, 0.2) is 92.8 Å². The number of nitrogens with zero attached hydrogens (tertiary/aromatic N) is 5. The molecule has 0 saturated heterocycles. The van der Waals surface area contributed by atoms with Crippen LogP contribution in [0.3, 0.4) is 0 Å². The van der Waals surface area contributed by atoms with Crippen molar-refractivity contribution in [2.45, 2.75) is 68.1 Å². The van der Waals surface area contributed by atoms with Crippen molar-refractivity contribution in [3.8, 4) is 17.5 Å². The topological polar surface area (TPSA) is 214 Å². The molecule has 268 valence electrons. The molecule has 51 heavy (non-hydrogen) atoms. The van der Waals surface area contributed by atoms with Gasteiger partial charge in [0.05, 0.1) is 16.3 Å². The number of unbranched alkanes of at least 4 members (excludes halogenated alkanes) is 6. The van der Waals surface area contributed by atoms with Crippen LogP contribution >= 0.6 is 11.6 Å². The summed E-state index contributed by atoms with van der Waals surface area (Å²) in [5, 5.41) is 21.2. The molecular weight excluding hydrogens is 720 g/mol. The van der Waals surface area contributed by atoms with Gasteiger partial charge in [-0.25, -0.2) is 0 Å². The van der Waals surface area contributed by atoms with E-state index in [1.807, 2.05) is 12.1 Å². The van der Waals surface area contributed by atoms with Gasteiger partial charge in [-0.05, 0) is 77.9 Å². The van der Waals surface area contributed by atoms with Crippen LogP contribution in [0, 0.1) is 0 Å². The van der Waals surface area contributed by atoms with E-state index in [4.69, 9.17) is 16.3 Å². The number of hydrogen-bond donors (Lipinski definition) is 4. The van der Waals surface area contributed by atoms with Gasteiger partial charge in [0.15, 0.2) is 5.75 Å². The van der Waals surface area contributed by atoms with E-state index < -0.39 is 41.5 Å². The van der Waals surface area contributed by atoms with Gasteiger partial charge < -0.3 is 15.2 Å². The van der Waals surface area contributed by atoms with Gasteiger partial charge in [0.25, 0.3) is 20.2 Å². The Balaban J connectivity index is 1.46. The van der Waals surface area contributed by atoms with E-state index in [2.05, 4.69) is 37.4 Å². The lowest BCUT2D eigenvalue weighted by Gasteiger charge is -2.15. The summed E-state index contributed by atoms with van der Waals surface area (Å²) < 4.78 is 74.8. The summed E-state index contributed by atoms with van der Waals surface area (Å²) in [6.45, 7) is 2.20. The highest BCUT2D eigenvalue weighted by molar-refractivity contribution is 7.86. The lowest BCUT2D eigenvalue weighted by atomic mass is 10.0. The van der Waals surface area contributed by atoms with Crippen LogP contribution in [-0.4, -0.2) is 46.0 Å². The van der Waals surface area contributed by atoms with Gasteiger partial charge in [-0.2, -0.15) is 36.9 Å². The molecule has 5 rings (SSSR count). The fourth-order valence-electron chi connectivity index (χ4n) is 5.27. The average molecular weight is 755 g/mol. The van der Waals surface area contributed by atoms with Crippen molar-refractivity contribution >= 4 is 65.6 Å². The molecule has 0 radical (unpaired) electrons. The second-order valence-electron chi connectivity index (χ2n) is 11.6. The minimum absolute atomic E-state index is 0.188. The number of hydrogen-bond acceptors (Lipinski definition) is 12. The van der Waals surface area contributed by atoms with E-state index in [1.54, 1.807) is 42.5 Å². The Kier molecular flexibility index (Phi) is 12.2. The maximum atomic E-state index is 12.4. The third kappa shape index (κ3) is 10.2. The molecule has 0 aliphatic heterocycles. The molecule has 4 aromatic carbocycles. The van der Waals surface area contributed by atoms with Crippen LogP contribution in [0.4, 0.5) is 23.0 Å². The summed E-state index contributed by atoms with van der Waals surface area (Å²) in [4.78, 5) is 10.7. The normalized spacial score (nSPS) is 12.1. The molecule has 0 saturated carbocycles. The van der Waals surface area contributed by atoms with Crippen LogP contribution in [-0.2, 0) is 26.7 Å². The fourth-order valence-corrected chi connectivity index (χ4v) is 6.63. The molecule has 0 aliphatic rings. The van der Waals surface area contributed by atoms with Crippen molar-refractivity contribution in [3.05, 3.63) is 83.6 Å². The summed E-state index contributed by atoms with van der Waals surface area (Å²) in [7, 11) is -9.92. The molecule has 0 bridgehead atoms. The van der Waals surface area contributed by atoms with Gasteiger partial charge >= 0.3 is 6.01 Å². The van der Waals surface area contributed by atoms with Gasteiger partial charge in [-0.3, -0.25) is 9.11 Å². The first-order valence-corrected chi connectivity index (χ1v) is 19.3. The third-order valence-electron chi connectivity index (χ3n) is 7.76. The SMILES string of the molecule is CCCCCCCCCc1ccc(Oc2nc(Cl)nc(Nc3cc(S(=O)(=O)O)cc4cc(S(=O)(=O)O)c(N=Nc5ccccc5)c(O)c34)n2)cc1. The van der Waals surface area contributed by atoms with Gasteiger partial charge in [-0.15, -0.1) is 5.11 Å². The number of rotatable bonds is 16. The van der Waals surface area contributed by atoms with E-state index in [0.717, 1.165) is 36.6 Å². The van der Waals surface area contributed by atoms with E-state index in [0.29, 0.717) is 11.4 Å². The smallest absolute Gasteiger partial charge is 0.328 e. The molecule has 5 aromatic rings. The minimum atomic E-state index is -5.04. The van der Waals surface area contributed by atoms with Gasteiger partial charge in [-0.1, -0.05) is 75.8 Å². The number of aromatic hydroxyl groups is 1. The van der Waals surface area contributed by atoms with E-state index in [1.165, 1.54) is 38.5 Å². The molecule has 1 aromatic heterocycles. The number of azo groups is 1. The van der Waals surface area contributed by atoms with Crippen LogP contribution < -0.4 is 10.1 Å². The predicted molar refractivity (Wildman–Crippen MR) is 192 cm³/mol. The van der Waals surface area contributed by atoms with Crippen molar-refractivity contribution in [3.63, 3.8) is 0 Å². The maximum absolute atomic E-state index is 12.4. The molecule has 14 nitrogen and oxygen atoms in total. The lowest BCUT2D eigenvalue weighted by Crippen LogP contribution is -2.05. The highest BCUT2D eigenvalue weighted by Gasteiger charge is 2.26. The van der Waals surface area contributed by atoms with Crippen molar-refractivity contribution in [2.75, 3.05) is 5.32 Å². The number of phenolic OH excluding ortho intramolecular Hbond substituents is 1. The standard InChI is InChI=1S/C34H35ClN6O8S2/c1-2-3-4-5-6-7-9-12-22-15-17-25(18-16-22)49-34-38-32(35)37-33(39-34)36-27-21-26(50(43,44)45)19-23-20-28(51(46,47)48)30(31(42)29(23)27)41-40-24-13-10-8-11-14-24/h8,10-11,13-21,42H,2-7,9,12H2,1H3,(H,43,44,45)(H,46,47,48)(H,36,37,38,39). The molecule has 0 spiro atoms. The number of fused-ring (bicyclic) bond motifs is 1. The second kappa shape index (κ2) is 16.5. The monoisotopic (exact) mass is 754 g/mol. The summed E-state index contributed by atoms with van der Waals surface area (Å²) in [6, 6.07) is 18.1. The van der Waals surface area contributed by atoms with E-state index in [-0.39, 0.29) is 33.7 Å². The number of phenols is 1. The zero-order chi connectivity index (χ0) is 36.6. The molecular formula is C34H35ClN6O8S2. The third-order valence-corrected chi connectivity index (χ3v) is 9.62. The summed E-state index contributed by atoms with van der Waals surface area (Å²) >= 11 is 6.18. The number of aromatic nitrogens is 3. The number of halogens is 1. The zero-order valence-electron chi connectivity index (χ0n) is 27.4. The van der Waals surface area contributed by atoms with Crippen LogP contribution in [0.2, 0.25) is 5.28 Å². The first kappa shape index (κ1) is 37.5. The van der Waals surface area contributed by atoms with Gasteiger partial charge in [0.2, 0.25) is 11.2 Å². The molecule has 0 fully saturated rings. The number of nitrogens with one attached hydrogen (secondary N) is 1.